The maximum absolute atomic E-state index is 11.6. The molecule has 1 aromatic rings. The van der Waals surface area contributed by atoms with E-state index in [2.05, 4.69) is 5.32 Å². The van der Waals surface area contributed by atoms with E-state index in [0.717, 1.165) is 0 Å². The molecular formula is C11H15NO5. The fourth-order valence-corrected chi connectivity index (χ4v) is 1.27. The Morgan fingerprint density at radius 1 is 1.47 bits per heavy atom. The molecule has 0 radical (unpaired) electrons. The maximum Gasteiger partial charge on any atom is 0.255 e. The number of hydrogen-bond donors (Lipinski definition) is 4. The molecule has 0 spiro atoms. The molecule has 0 aliphatic rings. The van der Waals surface area contributed by atoms with Gasteiger partial charge >= 0.3 is 0 Å². The standard InChI is InChI=1S/C11H15NO5/c1-17-6-7(13)5-12-11(16)8-3-2-4-9(14)10(8)15/h2-4,7,13-15H,5-6H2,1H3,(H,12,16). The predicted molar refractivity (Wildman–Crippen MR) is 60.0 cm³/mol. The summed E-state index contributed by atoms with van der Waals surface area (Å²) in [6.07, 6.45) is -0.816. The summed E-state index contributed by atoms with van der Waals surface area (Å²) in [7, 11) is 1.44. The van der Waals surface area contributed by atoms with Gasteiger partial charge in [-0.15, -0.1) is 0 Å². The van der Waals surface area contributed by atoms with E-state index in [-0.39, 0.29) is 24.5 Å². The van der Waals surface area contributed by atoms with Gasteiger partial charge in [-0.1, -0.05) is 6.07 Å². The molecule has 94 valence electrons. The lowest BCUT2D eigenvalue weighted by molar-refractivity contribution is 0.0609. The molecule has 1 amide bonds. The number of aromatic hydroxyl groups is 2. The van der Waals surface area contributed by atoms with Crippen LogP contribution in [0.25, 0.3) is 0 Å². The second-order valence-corrected chi connectivity index (χ2v) is 3.49. The highest BCUT2D eigenvalue weighted by molar-refractivity contribution is 5.97. The van der Waals surface area contributed by atoms with Gasteiger partial charge in [0.05, 0.1) is 18.3 Å². The van der Waals surface area contributed by atoms with Gasteiger partial charge in [-0.2, -0.15) is 0 Å². The van der Waals surface area contributed by atoms with Crippen LogP contribution in [0.5, 0.6) is 11.5 Å². The summed E-state index contributed by atoms with van der Waals surface area (Å²) >= 11 is 0. The van der Waals surface area contributed by atoms with Gasteiger partial charge < -0.3 is 25.4 Å². The number of phenolic OH excluding ortho intramolecular Hbond substituents is 2. The highest BCUT2D eigenvalue weighted by Gasteiger charge is 2.14. The molecule has 1 rings (SSSR count). The average Bonchev–Trinajstić information content (AvgIpc) is 2.30. The maximum atomic E-state index is 11.6. The van der Waals surface area contributed by atoms with E-state index in [1.807, 2.05) is 0 Å². The summed E-state index contributed by atoms with van der Waals surface area (Å²) in [5.41, 5.74) is -0.0467. The molecule has 0 saturated heterocycles. The molecule has 0 aliphatic carbocycles. The summed E-state index contributed by atoms with van der Waals surface area (Å²) in [4.78, 5) is 11.6. The van der Waals surface area contributed by atoms with E-state index in [0.29, 0.717) is 0 Å². The minimum Gasteiger partial charge on any atom is -0.504 e. The zero-order valence-electron chi connectivity index (χ0n) is 9.38. The SMILES string of the molecule is COCC(O)CNC(=O)c1cccc(O)c1O. The largest absolute Gasteiger partial charge is 0.504 e. The van der Waals surface area contributed by atoms with Crippen LogP contribution in [0.2, 0.25) is 0 Å². The number of aliphatic hydroxyl groups excluding tert-OH is 1. The molecule has 1 unspecified atom stereocenters. The molecule has 0 heterocycles. The zero-order valence-corrected chi connectivity index (χ0v) is 9.38. The van der Waals surface area contributed by atoms with E-state index in [9.17, 15) is 20.1 Å². The van der Waals surface area contributed by atoms with Crippen molar-refractivity contribution < 1.29 is 24.9 Å². The first-order chi connectivity index (χ1) is 8.06. The van der Waals surface area contributed by atoms with Crippen molar-refractivity contribution in [2.45, 2.75) is 6.10 Å². The van der Waals surface area contributed by atoms with Crippen LogP contribution in [0, 0.1) is 0 Å². The Balaban J connectivity index is 2.61. The lowest BCUT2D eigenvalue weighted by Gasteiger charge is -2.11. The normalized spacial score (nSPS) is 12.1. The van der Waals surface area contributed by atoms with Gasteiger partial charge in [-0.05, 0) is 12.1 Å². The topological polar surface area (TPSA) is 99.0 Å². The molecule has 1 aromatic carbocycles. The van der Waals surface area contributed by atoms with Crippen molar-refractivity contribution in [2.75, 3.05) is 20.3 Å². The average molecular weight is 241 g/mol. The number of methoxy groups -OCH3 is 1. The first-order valence-corrected chi connectivity index (χ1v) is 5.02. The van der Waals surface area contributed by atoms with E-state index in [1.54, 1.807) is 0 Å². The third-order valence-corrected chi connectivity index (χ3v) is 2.12. The van der Waals surface area contributed by atoms with Crippen molar-refractivity contribution in [2.24, 2.45) is 0 Å². The predicted octanol–water partition coefficient (Wildman–Crippen LogP) is -0.165. The number of carbonyl (C=O) groups excluding carboxylic acids is 1. The Hall–Kier alpha value is -1.79. The van der Waals surface area contributed by atoms with Gasteiger partial charge in [0.25, 0.3) is 5.91 Å². The minimum absolute atomic E-state index is 0.00176. The molecule has 0 aromatic heterocycles. The first-order valence-electron chi connectivity index (χ1n) is 5.02. The quantitative estimate of drug-likeness (QED) is 0.537. The van der Waals surface area contributed by atoms with Gasteiger partial charge in [-0.3, -0.25) is 4.79 Å². The van der Waals surface area contributed by atoms with Crippen LogP contribution in [0.1, 0.15) is 10.4 Å². The number of phenols is 2. The number of rotatable bonds is 5. The van der Waals surface area contributed by atoms with Crippen LogP contribution in [-0.4, -0.2) is 47.6 Å². The van der Waals surface area contributed by atoms with Crippen LogP contribution in [0.15, 0.2) is 18.2 Å². The van der Waals surface area contributed by atoms with Gasteiger partial charge in [-0.25, -0.2) is 0 Å². The van der Waals surface area contributed by atoms with Crippen molar-refractivity contribution in [3.63, 3.8) is 0 Å². The number of carbonyl (C=O) groups is 1. The Bertz CT molecular complexity index is 393. The monoisotopic (exact) mass is 241 g/mol. The molecule has 6 nitrogen and oxygen atoms in total. The van der Waals surface area contributed by atoms with Crippen molar-refractivity contribution in [3.8, 4) is 11.5 Å². The highest BCUT2D eigenvalue weighted by atomic mass is 16.5. The molecular weight excluding hydrogens is 226 g/mol. The lowest BCUT2D eigenvalue weighted by Crippen LogP contribution is -2.34. The fraction of sp³-hybridized carbons (Fsp3) is 0.364. The third kappa shape index (κ3) is 3.61. The number of hydrogen-bond acceptors (Lipinski definition) is 5. The lowest BCUT2D eigenvalue weighted by atomic mass is 10.1. The molecule has 4 N–H and O–H groups in total. The Kier molecular flexibility index (Phi) is 4.74. The number of aliphatic hydroxyl groups is 1. The zero-order chi connectivity index (χ0) is 12.8. The van der Waals surface area contributed by atoms with Crippen LogP contribution in [-0.2, 0) is 4.74 Å². The van der Waals surface area contributed by atoms with Gasteiger partial charge in [0, 0.05) is 13.7 Å². The number of benzene rings is 1. The molecule has 0 saturated carbocycles. The molecule has 6 heteroatoms. The van der Waals surface area contributed by atoms with E-state index in [1.165, 1.54) is 25.3 Å². The Labute approximate surface area is 98.5 Å². The van der Waals surface area contributed by atoms with Crippen LogP contribution < -0.4 is 5.32 Å². The van der Waals surface area contributed by atoms with Crippen LogP contribution >= 0.6 is 0 Å². The van der Waals surface area contributed by atoms with Crippen molar-refractivity contribution in [3.05, 3.63) is 23.8 Å². The van der Waals surface area contributed by atoms with Gasteiger partial charge in [0.15, 0.2) is 11.5 Å². The summed E-state index contributed by atoms with van der Waals surface area (Å²) in [6.45, 7) is 0.105. The van der Waals surface area contributed by atoms with Crippen LogP contribution in [0.4, 0.5) is 0 Å². The summed E-state index contributed by atoms with van der Waals surface area (Å²) in [5, 5.41) is 30.4. The molecule has 1 atom stereocenters. The Morgan fingerprint density at radius 3 is 2.82 bits per heavy atom. The number of para-hydroxylation sites is 1. The first kappa shape index (κ1) is 13.3. The van der Waals surface area contributed by atoms with Crippen molar-refractivity contribution in [1.82, 2.24) is 5.32 Å². The number of ether oxygens (including phenoxy) is 1. The fourth-order valence-electron chi connectivity index (χ4n) is 1.27. The number of nitrogens with one attached hydrogen (secondary N) is 1. The summed E-state index contributed by atoms with van der Waals surface area (Å²) in [5.74, 6) is -1.42. The molecule has 17 heavy (non-hydrogen) atoms. The molecule has 0 bridgehead atoms. The van der Waals surface area contributed by atoms with Gasteiger partial charge in [0.1, 0.15) is 0 Å². The van der Waals surface area contributed by atoms with Crippen molar-refractivity contribution >= 4 is 5.91 Å². The van der Waals surface area contributed by atoms with E-state index >= 15 is 0 Å². The van der Waals surface area contributed by atoms with E-state index in [4.69, 9.17) is 4.74 Å². The number of amides is 1. The smallest absolute Gasteiger partial charge is 0.255 e. The van der Waals surface area contributed by atoms with Crippen LogP contribution in [0.3, 0.4) is 0 Å². The minimum atomic E-state index is -0.816. The second kappa shape index (κ2) is 6.07. The second-order valence-electron chi connectivity index (χ2n) is 3.49. The van der Waals surface area contributed by atoms with Gasteiger partial charge in [0.2, 0.25) is 0 Å². The highest BCUT2D eigenvalue weighted by Crippen LogP contribution is 2.27. The molecule has 0 fully saturated rings. The third-order valence-electron chi connectivity index (χ3n) is 2.12. The summed E-state index contributed by atoms with van der Waals surface area (Å²) < 4.78 is 4.69. The Morgan fingerprint density at radius 2 is 2.18 bits per heavy atom. The van der Waals surface area contributed by atoms with Crippen molar-refractivity contribution in [1.29, 1.82) is 0 Å². The summed E-state index contributed by atoms with van der Waals surface area (Å²) in [6, 6.07) is 4.08. The van der Waals surface area contributed by atoms with E-state index < -0.39 is 17.8 Å². The molecule has 0 aliphatic heterocycles.